The number of unbranched alkanes of at least 4 members (excludes halogenated alkanes) is 1. The van der Waals surface area contributed by atoms with Gasteiger partial charge < -0.3 is 14.8 Å². The van der Waals surface area contributed by atoms with E-state index in [-0.39, 0.29) is 5.91 Å². The van der Waals surface area contributed by atoms with Crippen molar-refractivity contribution in [3.8, 4) is 11.5 Å². The summed E-state index contributed by atoms with van der Waals surface area (Å²) in [5.74, 6) is 1.66. The monoisotopic (exact) mass is 265 g/mol. The molecule has 106 valence electrons. The fraction of sp³-hybridized carbons (Fsp3) is 0.533. The molecule has 19 heavy (non-hydrogen) atoms. The van der Waals surface area contributed by atoms with E-state index in [0.717, 1.165) is 36.4 Å². The van der Waals surface area contributed by atoms with Gasteiger partial charge in [-0.15, -0.1) is 0 Å². The van der Waals surface area contributed by atoms with Crippen LogP contribution in [0.25, 0.3) is 0 Å². The number of carbonyl (C=O) groups excluding carboxylic acids is 1. The Bertz CT molecular complexity index is 404. The summed E-state index contributed by atoms with van der Waals surface area (Å²) in [6.07, 6.45) is 3.23. The normalized spacial score (nSPS) is 10.1. The average Bonchev–Trinajstić information content (AvgIpc) is 2.45. The van der Waals surface area contributed by atoms with E-state index >= 15 is 0 Å². The second-order valence-corrected chi connectivity index (χ2v) is 4.38. The fourth-order valence-corrected chi connectivity index (χ4v) is 1.82. The minimum atomic E-state index is 0.0818. The summed E-state index contributed by atoms with van der Waals surface area (Å²) >= 11 is 0. The van der Waals surface area contributed by atoms with Gasteiger partial charge in [-0.25, -0.2) is 0 Å². The van der Waals surface area contributed by atoms with Crippen LogP contribution in [-0.2, 0) is 11.2 Å². The Labute approximate surface area is 115 Å². The predicted octanol–water partition coefficient (Wildman–Crippen LogP) is 2.55. The molecule has 0 heterocycles. The van der Waals surface area contributed by atoms with Gasteiger partial charge >= 0.3 is 0 Å². The standard InChI is InChI=1S/C15H23NO3/c1-4-5-10-16-15(17)9-6-12-11-13(18-2)7-8-14(12)19-3/h7-8,11H,4-6,9-10H2,1-3H3,(H,16,17). The third-order valence-corrected chi connectivity index (χ3v) is 2.96. The Kier molecular flexibility index (Phi) is 6.79. The minimum Gasteiger partial charge on any atom is -0.497 e. The number of hydrogen-bond acceptors (Lipinski definition) is 3. The Morgan fingerprint density at radius 3 is 2.68 bits per heavy atom. The largest absolute Gasteiger partial charge is 0.497 e. The van der Waals surface area contributed by atoms with Crippen LogP contribution in [-0.4, -0.2) is 26.7 Å². The zero-order valence-corrected chi connectivity index (χ0v) is 12.0. The number of aryl methyl sites for hydroxylation is 1. The second-order valence-electron chi connectivity index (χ2n) is 4.38. The van der Waals surface area contributed by atoms with Gasteiger partial charge in [0.25, 0.3) is 0 Å². The highest BCUT2D eigenvalue weighted by molar-refractivity contribution is 5.76. The molecule has 0 saturated heterocycles. The third kappa shape index (κ3) is 5.20. The molecule has 1 amide bonds. The van der Waals surface area contributed by atoms with Crippen LogP contribution in [0.5, 0.6) is 11.5 Å². The number of ether oxygens (including phenoxy) is 2. The van der Waals surface area contributed by atoms with Crippen molar-refractivity contribution in [3.63, 3.8) is 0 Å². The molecule has 0 radical (unpaired) electrons. The zero-order valence-electron chi connectivity index (χ0n) is 12.0. The molecule has 4 heteroatoms. The van der Waals surface area contributed by atoms with Crippen molar-refractivity contribution < 1.29 is 14.3 Å². The van der Waals surface area contributed by atoms with Gasteiger partial charge in [0.05, 0.1) is 14.2 Å². The van der Waals surface area contributed by atoms with Crippen molar-refractivity contribution >= 4 is 5.91 Å². The van der Waals surface area contributed by atoms with Gasteiger partial charge in [-0.1, -0.05) is 13.3 Å². The molecule has 0 aromatic heterocycles. The lowest BCUT2D eigenvalue weighted by molar-refractivity contribution is -0.121. The van der Waals surface area contributed by atoms with E-state index in [1.807, 2.05) is 18.2 Å². The molecule has 0 unspecified atom stereocenters. The van der Waals surface area contributed by atoms with E-state index in [2.05, 4.69) is 12.2 Å². The van der Waals surface area contributed by atoms with Gasteiger partial charge in [0, 0.05) is 13.0 Å². The van der Waals surface area contributed by atoms with Gasteiger partial charge in [0.15, 0.2) is 0 Å². The minimum absolute atomic E-state index is 0.0818. The van der Waals surface area contributed by atoms with Crippen LogP contribution >= 0.6 is 0 Å². The van der Waals surface area contributed by atoms with E-state index in [4.69, 9.17) is 9.47 Å². The topological polar surface area (TPSA) is 47.6 Å². The predicted molar refractivity (Wildman–Crippen MR) is 75.8 cm³/mol. The first kappa shape index (κ1) is 15.3. The fourth-order valence-electron chi connectivity index (χ4n) is 1.82. The van der Waals surface area contributed by atoms with Gasteiger partial charge in [-0.2, -0.15) is 0 Å². The van der Waals surface area contributed by atoms with E-state index in [9.17, 15) is 4.79 Å². The average molecular weight is 265 g/mol. The quantitative estimate of drug-likeness (QED) is 0.735. The summed E-state index contributed by atoms with van der Waals surface area (Å²) in [6, 6.07) is 5.63. The van der Waals surface area contributed by atoms with Crippen LogP contribution in [0.4, 0.5) is 0 Å². The van der Waals surface area contributed by atoms with Crippen LogP contribution in [0.15, 0.2) is 18.2 Å². The maximum atomic E-state index is 11.7. The lowest BCUT2D eigenvalue weighted by atomic mass is 10.1. The molecule has 1 N–H and O–H groups in total. The number of hydrogen-bond donors (Lipinski definition) is 1. The number of rotatable bonds is 8. The third-order valence-electron chi connectivity index (χ3n) is 2.96. The molecule has 0 saturated carbocycles. The van der Waals surface area contributed by atoms with Crippen molar-refractivity contribution in [2.24, 2.45) is 0 Å². The molecule has 0 aliphatic heterocycles. The molecule has 0 atom stereocenters. The van der Waals surface area contributed by atoms with E-state index < -0.39 is 0 Å². The van der Waals surface area contributed by atoms with E-state index in [1.165, 1.54) is 0 Å². The first-order chi connectivity index (χ1) is 9.21. The summed E-state index contributed by atoms with van der Waals surface area (Å²) in [6.45, 7) is 2.86. The molecular formula is C15H23NO3. The molecule has 0 aliphatic rings. The number of amides is 1. The molecule has 0 bridgehead atoms. The molecule has 1 aromatic rings. The molecule has 0 spiro atoms. The highest BCUT2D eigenvalue weighted by Gasteiger charge is 2.08. The Morgan fingerprint density at radius 2 is 2.05 bits per heavy atom. The summed E-state index contributed by atoms with van der Waals surface area (Å²) in [5, 5.41) is 2.91. The van der Waals surface area contributed by atoms with Crippen molar-refractivity contribution in [2.75, 3.05) is 20.8 Å². The van der Waals surface area contributed by atoms with Gasteiger partial charge in [0.1, 0.15) is 11.5 Å². The number of carbonyl (C=O) groups is 1. The molecule has 1 aromatic carbocycles. The van der Waals surface area contributed by atoms with Crippen molar-refractivity contribution in [1.82, 2.24) is 5.32 Å². The van der Waals surface area contributed by atoms with Crippen LogP contribution in [0.2, 0.25) is 0 Å². The highest BCUT2D eigenvalue weighted by atomic mass is 16.5. The van der Waals surface area contributed by atoms with Gasteiger partial charge in [0.2, 0.25) is 5.91 Å². The van der Waals surface area contributed by atoms with Crippen molar-refractivity contribution in [2.45, 2.75) is 32.6 Å². The summed E-state index contributed by atoms with van der Waals surface area (Å²) in [7, 11) is 3.26. The highest BCUT2D eigenvalue weighted by Crippen LogP contribution is 2.24. The van der Waals surface area contributed by atoms with Gasteiger partial charge in [-0.3, -0.25) is 4.79 Å². The lowest BCUT2D eigenvalue weighted by Crippen LogP contribution is -2.24. The van der Waals surface area contributed by atoms with Crippen LogP contribution in [0.3, 0.4) is 0 Å². The smallest absolute Gasteiger partial charge is 0.220 e. The van der Waals surface area contributed by atoms with Crippen molar-refractivity contribution in [1.29, 1.82) is 0 Å². The SMILES string of the molecule is CCCCNC(=O)CCc1cc(OC)ccc1OC. The second kappa shape index (κ2) is 8.40. The van der Waals surface area contributed by atoms with Gasteiger partial charge in [-0.05, 0) is 36.6 Å². The van der Waals surface area contributed by atoms with E-state index in [1.54, 1.807) is 14.2 Å². The maximum Gasteiger partial charge on any atom is 0.220 e. The maximum absolute atomic E-state index is 11.7. The first-order valence-electron chi connectivity index (χ1n) is 6.68. The van der Waals surface area contributed by atoms with Crippen LogP contribution in [0, 0.1) is 0 Å². The Morgan fingerprint density at radius 1 is 1.26 bits per heavy atom. The molecule has 0 fully saturated rings. The van der Waals surface area contributed by atoms with E-state index in [0.29, 0.717) is 12.8 Å². The van der Waals surface area contributed by atoms with Crippen LogP contribution < -0.4 is 14.8 Å². The zero-order chi connectivity index (χ0) is 14.1. The Balaban J connectivity index is 2.53. The molecular weight excluding hydrogens is 242 g/mol. The number of methoxy groups -OCH3 is 2. The summed E-state index contributed by atoms with van der Waals surface area (Å²) in [5.41, 5.74) is 0.993. The summed E-state index contributed by atoms with van der Waals surface area (Å²) in [4.78, 5) is 11.7. The Hall–Kier alpha value is -1.71. The number of benzene rings is 1. The number of nitrogens with one attached hydrogen (secondary N) is 1. The molecule has 0 aliphatic carbocycles. The first-order valence-corrected chi connectivity index (χ1v) is 6.68. The van der Waals surface area contributed by atoms with Crippen LogP contribution in [0.1, 0.15) is 31.7 Å². The van der Waals surface area contributed by atoms with Crippen molar-refractivity contribution in [3.05, 3.63) is 23.8 Å². The summed E-state index contributed by atoms with van der Waals surface area (Å²) < 4.78 is 10.5. The lowest BCUT2D eigenvalue weighted by Gasteiger charge is -2.10. The molecule has 1 rings (SSSR count). The molecule has 4 nitrogen and oxygen atoms in total.